The highest BCUT2D eigenvalue weighted by Crippen LogP contribution is 2.17. The van der Waals surface area contributed by atoms with Gasteiger partial charge in [-0.05, 0) is 15.9 Å². The van der Waals surface area contributed by atoms with E-state index in [2.05, 4.69) is 36.5 Å². The van der Waals surface area contributed by atoms with Gasteiger partial charge in [-0.3, -0.25) is 4.90 Å². The zero-order chi connectivity index (χ0) is 9.26. The van der Waals surface area contributed by atoms with Gasteiger partial charge in [-0.15, -0.1) is 0 Å². The maximum absolute atomic E-state index is 8.54. The molecule has 5 heteroatoms. The summed E-state index contributed by atoms with van der Waals surface area (Å²) in [5, 5.41) is 8.54. The van der Waals surface area contributed by atoms with Gasteiger partial charge < -0.3 is 4.57 Å². The second kappa shape index (κ2) is 3.48. The Bertz CT molecular complexity index is 352. The summed E-state index contributed by atoms with van der Waals surface area (Å²) in [5.41, 5.74) is 0. The Hall–Kier alpha value is -0.860. The van der Waals surface area contributed by atoms with Crippen molar-refractivity contribution in [2.45, 2.75) is 13.1 Å². The summed E-state index contributed by atoms with van der Waals surface area (Å²) in [6, 6.07) is 2.15. The molecule has 0 unspecified atom stereocenters. The molecule has 0 aliphatic carbocycles. The second-order valence-electron chi connectivity index (χ2n) is 3.02. The summed E-state index contributed by atoms with van der Waals surface area (Å²) in [6.45, 7) is 3.11. The van der Waals surface area contributed by atoms with E-state index in [4.69, 9.17) is 5.26 Å². The first kappa shape index (κ1) is 8.73. The van der Waals surface area contributed by atoms with E-state index in [9.17, 15) is 0 Å². The van der Waals surface area contributed by atoms with Gasteiger partial charge in [-0.1, -0.05) is 0 Å². The average Bonchev–Trinajstić information content (AvgIpc) is 2.48. The number of hydrogen-bond donors (Lipinski definition) is 0. The summed E-state index contributed by atoms with van der Waals surface area (Å²) in [6.07, 6.45) is 1.81. The second-order valence-corrected chi connectivity index (χ2v) is 3.83. The molecule has 0 N–H and O–H groups in total. The SMILES string of the molecule is N#CCN1CCn2c(Br)cnc2C1. The van der Waals surface area contributed by atoms with Crippen molar-refractivity contribution in [2.24, 2.45) is 0 Å². The van der Waals surface area contributed by atoms with Crippen LogP contribution in [0.1, 0.15) is 5.82 Å². The van der Waals surface area contributed by atoms with Crippen LogP contribution in [-0.4, -0.2) is 27.5 Å². The van der Waals surface area contributed by atoms with Gasteiger partial charge in [0.05, 0.1) is 25.4 Å². The Morgan fingerprint density at radius 1 is 1.62 bits per heavy atom. The van der Waals surface area contributed by atoms with E-state index in [1.165, 1.54) is 0 Å². The highest BCUT2D eigenvalue weighted by atomic mass is 79.9. The van der Waals surface area contributed by atoms with Crippen LogP contribution in [0.15, 0.2) is 10.8 Å². The zero-order valence-corrected chi connectivity index (χ0v) is 8.66. The van der Waals surface area contributed by atoms with Gasteiger partial charge >= 0.3 is 0 Å². The van der Waals surface area contributed by atoms with E-state index >= 15 is 0 Å². The molecule has 0 aromatic carbocycles. The lowest BCUT2D eigenvalue weighted by Gasteiger charge is -2.25. The zero-order valence-electron chi connectivity index (χ0n) is 7.07. The van der Waals surface area contributed by atoms with Crippen LogP contribution in [0.3, 0.4) is 0 Å². The van der Waals surface area contributed by atoms with Crippen LogP contribution in [0.4, 0.5) is 0 Å². The van der Waals surface area contributed by atoms with Crippen molar-refractivity contribution in [3.8, 4) is 6.07 Å². The van der Waals surface area contributed by atoms with Crippen molar-refractivity contribution in [3.05, 3.63) is 16.6 Å². The van der Waals surface area contributed by atoms with Gasteiger partial charge in [0, 0.05) is 13.1 Å². The number of imidazole rings is 1. The number of hydrogen-bond acceptors (Lipinski definition) is 3. The van der Waals surface area contributed by atoms with Gasteiger partial charge in [0.25, 0.3) is 0 Å². The number of nitrogens with zero attached hydrogens (tertiary/aromatic N) is 4. The molecule has 2 rings (SSSR count). The largest absolute Gasteiger partial charge is 0.320 e. The van der Waals surface area contributed by atoms with Gasteiger partial charge in [0.15, 0.2) is 0 Å². The highest BCUT2D eigenvalue weighted by molar-refractivity contribution is 9.10. The topological polar surface area (TPSA) is 44.9 Å². The van der Waals surface area contributed by atoms with E-state index in [-0.39, 0.29) is 0 Å². The lowest BCUT2D eigenvalue weighted by molar-refractivity contribution is 0.240. The molecule has 0 fully saturated rings. The van der Waals surface area contributed by atoms with Crippen LogP contribution in [0, 0.1) is 11.3 Å². The van der Waals surface area contributed by atoms with E-state index in [1.807, 2.05) is 6.20 Å². The quantitative estimate of drug-likeness (QED) is 0.688. The fraction of sp³-hybridized carbons (Fsp3) is 0.500. The monoisotopic (exact) mass is 240 g/mol. The van der Waals surface area contributed by atoms with Crippen molar-refractivity contribution < 1.29 is 0 Å². The van der Waals surface area contributed by atoms with Crippen molar-refractivity contribution in [2.75, 3.05) is 13.1 Å². The average molecular weight is 241 g/mol. The standard InChI is InChI=1S/C8H9BrN4/c9-7-5-11-8-6-12(2-1-10)3-4-13(7)8/h5H,2-4,6H2. The van der Waals surface area contributed by atoms with E-state index in [1.54, 1.807) is 0 Å². The van der Waals surface area contributed by atoms with Gasteiger partial charge in [-0.25, -0.2) is 4.98 Å². The maximum Gasteiger partial charge on any atom is 0.123 e. The van der Waals surface area contributed by atoms with Crippen molar-refractivity contribution in [3.63, 3.8) is 0 Å². The molecule has 0 bridgehead atoms. The third-order valence-electron chi connectivity index (χ3n) is 2.19. The molecule has 1 aliphatic heterocycles. The third kappa shape index (κ3) is 1.60. The predicted octanol–water partition coefficient (Wildman–Crippen LogP) is 0.985. The van der Waals surface area contributed by atoms with Gasteiger partial charge in [0.2, 0.25) is 0 Å². The number of rotatable bonds is 1. The molecule has 1 aliphatic rings. The summed E-state index contributed by atoms with van der Waals surface area (Å²) in [7, 11) is 0. The summed E-state index contributed by atoms with van der Waals surface area (Å²) < 4.78 is 3.16. The van der Waals surface area contributed by atoms with Crippen molar-refractivity contribution in [1.82, 2.24) is 14.5 Å². The molecule has 13 heavy (non-hydrogen) atoms. The van der Waals surface area contributed by atoms with Crippen molar-refractivity contribution in [1.29, 1.82) is 5.26 Å². The molecule has 0 saturated carbocycles. The first-order valence-corrected chi connectivity index (χ1v) is 4.90. The Morgan fingerprint density at radius 2 is 2.46 bits per heavy atom. The molecular formula is C8H9BrN4. The summed E-state index contributed by atoms with van der Waals surface area (Å²) in [4.78, 5) is 6.35. The summed E-state index contributed by atoms with van der Waals surface area (Å²) >= 11 is 3.43. The third-order valence-corrected chi connectivity index (χ3v) is 2.82. The maximum atomic E-state index is 8.54. The minimum atomic E-state index is 0.491. The van der Waals surface area contributed by atoms with E-state index in [0.29, 0.717) is 6.54 Å². The molecule has 0 radical (unpaired) electrons. The Balaban J connectivity index is 2.17. The van der Waals surface area contributed by atoms with Crippen LogP contribution in [0.25, 0.3) is 0 Å². The fourth-order valence-corrected chi connectivity index (χ4v) is 1.99. The molecule has 0 amide bonds. The predicted molar refractivity (Wildman–Crippen MR) is 50.8 cm³/mol. The molecule has 0 spiro atoms. The van der Waals surface area contributed by atoms with Gasteiger partial charge in [-0.2, -0.15) is 5.26 Å². The minimum absolute atomic E-state index is 0.491. The molecule has 4 nitrogen and oxygen atoms in total. The van der Waals surface area contributed by atoms with E-state index in [0.717, 1.165) is 30.1 Å². The number of aromatic nitrogens is 2. The number of nitriles is 1. The van der Waals surface area contributed by atoms with E-state index < -0.39 is 0 Å². The molecule has 0 atom stereocenters. The summed E-state index contributed by atoms with van der Waals surface area (Å²) in [5.74, 6) is 1.04. The first-order chi connectivity index (χ1) is 6.31. The molecule has 1 aromatic rings. The molecular weight excluding hydrogens is 232 g/mol. The minimum Gasteiger partial charge on any atom is -0.320 e. The normalized spacial score (nSPS) is 16.6. The first-order valence-electron chi connectivity index (χ1n) is 4.10. The Morgan fingerprint density at radius 3 is 3.23 bits per heavy atom. The van der Waals surface area contributed by atoms with Crippen LogP contribution < -0.4 is 0 Å². The number of halogens is 1. The molecule has 1 aromatic heterocycles. The molecule has 68 valence electrons. The lowest BCUT2D eigenvalue weighted by atomic mass is 10.3. The smallest absolute Gasteiger partial charge is 0.123 e. The lowest BCUT2D eigenvalue weighted by Crippen LogP contribution is -2.34. The molecule has 0 saturated heterocycles. The fourth-order valence-electron chi connectivity index (χ4n) is 1.51. The van der Waals surface area contributed by atoms with Gasteiger partial charge in [0.1, 0.15) is 10.4 Å². The highest BCUT2D eigenvalue weighted by Gasteiger charge is 2.17. The van der Waals surface area contributed by atoms with Crippen LogP contribution in [-0.2, 0) is 13.1 Å². The Kier molecular flexibility index (Phi) is 2.34. The van der Waals surface area contributed by atoms with Crippen LogP contribution in [0.5, 0.6) is 0 Å². The van der Waals surface area contributed by atoms with Crippen molar-refractivity contribution >= 4 is 15.9 Å². The Labute approximate surface area is 84.9 Å². The van der Waals surface area contributed by atoms with Crippen LogP contribution in [0.2, 0.25) is 0 Å². The number of fused-ring (bicyclic) bond motifs is 1. The van der Waals surface area contributed by atoms with Crippen LogP contribution >= 0.6 is 15.9 Å². The molecule has 2 heterocycles.